The van der Waals surface area contributed by atoms with E-state index in [1.54, 1.807) is 0 Å². The molecule has 1 fully saturated rings. The summed E-state index contributed by atoms with van der Waals surface area (Å²) in [5.74, 6) is 0.888. The van der Waals surface area contributed by atoms with Gasteiger partial charge >= 0.3 is 0 Å². The van der Waals surface area contributed by atoms with Gasteiger partial charge in [0.15, 0.2) is 0 Å². The number of hydrogen-bond acceptors (Lipinski definition) is 2. The van der Waals surface area contributed by atoms with Crippen LogP contribution in [0.4, 0.5) is 0 Å². The van der Waals surface area contributed by atoms with E-state index in [-0.39, 0.29) is 6.10 Å². The lowest BCUT2D eigenvalue weighted by Crippen LogP contribution is -2.30. The fraction of sp³-hybridized carbons (Fsp3) is 0.647. The minimum Gasteiger partial charge on any atom is -0.387 e. The van der Waals surface area contributed by atoms with Gasteiger partial charge in [0.05, 0.1) is 6.10 Å². The molecule has 0 heterocycles. The van der Waals surface area contributed by atoms with Gasteiger partial charge in [0, 0.05) is 13.1 Å². The first-order chi connectivity index (χ1) is 9.22. The third-order valence-corrected chi connectivity index (χ3v) is 3.99. The van der Waals surface area contributed by atoms with Crippen molar-refractivity contribution in [3.63, 3.8) is 0 Å². The van der Waals surface area contributed by atoms with Crippen LogP contribution in [0.1, 0.15) is 50.3 Å². The number of nitrogens with zero attached hydrogens (tertiary/aromatic N) is 1. The van der Waals surface area contributed by atoms with Crippen molar-refractivity contribution in [2.45, 2.75) is 45.6 Å². The molecule has 2 heteroatoms. The SMILES string of the molecule is CCCc1ccc(C(O)CN(CC)CC2CC2)cc1. The minimum absolute atomic E-state index is 0.352. The molecule has 19 heavy (non-hydrogen) atoms. The molecule has 1 aromatic rings. The van der Waals surface area contributed by atoms with Gasteiger partial charge in [0.1, 0.15) is 0 Å². The van der Waals surface area contributed by atoms with Crippen molar-refractivity contribution in [1.82, 2.24) is 4.90 Å². The van der Waals surface area contributed by atoms with Gasteiger partial charge in [-0.1, -0.05) is 44.5 Å². The number of aryl methyl sites for hydroxylation is 1. The first-order valence-corrected chi connectivity index (χ1v) is 7.72. The van der Waals surface area contributed by atoms with Crippen LogP contribution in [0.25, 0.3) is 0 Å². The molecule has 1 atom stereocenters. The summed E-state index contributed by atoms with van der Waals surface area (Å²) in [5, 5.41) is 10.3. The number of aliphatic hydroxyl groups is 1. The standard InChI is InChI=1S/C17H27NO/c1-3-5-14-8-10-16(11-9-14)17(19)13-18(4-2)12-15-6-7-15/h8-11,15,17,19H,3-7,12-13H2,1-2H3. The molecule has 0 bridgehead atoms. The van der Waals surface area contributed by atoms with E-state index in [0.717, 1.165) is 37.5 Å². The number of aliphatic hydroxyl groups excluding tert-OH is 1. The highest BCUT2D eigenvalue weighted by Gasteiger charge is 2.24. The number of rotatable bonds is 8. The van der Waals surface area contributed by atoms with Gasteiger partial charge in [-0.05, 0) is 42.9 Å². The summed E-state index contributed by atoms with van der Waals surface area (Å²) in [4.78, 5) is 2.38. The second-order valence-corrected chi connectivity index (χ2v) is 5.80. The minimum atomic E-state index is -0.352. The van der Waals surface area contributed by atoms with Crippen LogP contribution < -0.4 is 0 Å². The molecule has 106 valence electrons. The maximum Gasteiger partial charge on any atom is 0.0916 e. The zero-order valence-electron chi connectivity index (χ0n) is 12.3. The summed E-state index contributed by atoms with van der Waals surface area (Å²) >= 11 is 0. The lowest BCUT2D eigenvalue weighted by atomic mass is 10.0. The maximum absolute atomic E-state index is 10.3. The van der Waals surface area contributed by atoms with E-state index in [9.17, 15) is 5.11 Å². The highest BCUT2D eigenvalue weighted by Crippen LogP contribution is 2.30. The van der Waals surface area contributed by atoms with Gasteiger partial charge in [-0.3, -0.25) is 0 Å². The number of likely N-dealkylation sites (N-methyl/N-ethyl adjacent to an activating group) is 1. The zero-order chi connectivity index (χ0) is 13.7. The fourth-order valence-electron chi connectivity index (χ4n) is 2.54. The highest BCUT2D eigenvalue weighted by molar-refractivity contribution is 5.24. The van der Waals surface area contributed by atoms with Crippen LogP contribution in [0.5, 0.6) is 0 Å². The Morgan fingerprint density at radius 3 is 2.42 bits per heavy atom. The van der Waals surface area contributed by atoms with Crippen LogP contribution in [0.2, 0.25) is 0 Å². The van der Waals surface area contributed by atoms with E-state index in [1.165, 1.54) is 24.8 Å². The first-order valence-electron chi connectivity index (χ1n) is 7.72. The summed E-state index contributed by atoms with van der Waals surface area (Å²) in [5.41, 5.74) is 2.41. The summed E-state index contributed by atoms with van der Waals surface area (Å²) in [6.45, 7) is 7.32. The monoisotopic (exact) mass is 261 g/mol. The number of hydrogen-bond donors (Lipinski definition) is 1. The van der Waals surface area contributed by atoms with Gasteiger partial charge in [0.2, 0.25) is 0 Å². The van der Waals surface area contributed by atoms with Gasteiger partial charge < -0.3 is 10.0 Å². The van der Waals surface area contributed by atoms with Crippen molar-refractivity contribution in [3.8, 4) is 0 Å². The molecular weight excluding hydrogens is 234 g/mol. The zero-order valence-corrected chi connectivity index (χ0v) is 12.3. The van der Waals surface area contributed by atoms with E-state index in [2.05, 4.69) is 43.0 Å². The third-order valence-electron chi connectivity index (χ3n) is 3.99. The Bertz CT molecular complexity index is 369. The van der Waals surface area contributed by atoms with E-state index in [0.29, 0.717) is 0 Å². The Labute approximate surface area is 117 Å². The van der Waals surface area contributed by atoms with Gasteiger partial charge in [-0.2, -0.15) is 0 Å². The van der Waals surface area contributed by atoms with Crippen LogP contribution in [0.3, 0.4) is 0 Å². The van der Waals surface area contributed by atoms with Crippen LogP contribution in [-0.4, -0.2) is 29.6 Å². The summed E-state index contributed by atoms with van der Waals surface area (Å²) in [7, 11) is 0. The van der Waals surface area contributed by atoms with Gasteiger partial charge in [0.25, 0.3) is 0 Å². The average Bonchev–Trinajstić information content (AvgIpc) is 3.23. The maximum atomic E-state index is 10.3. The predicted octanol–water partition coefficient (Wildman–Crippen LogP) is 3.40. The Kier molecular flexibility index (Phi) is 5.41. The molecular formula is C17H27NO. The Morgan fingerprint density at radius 2 is 1.89 bits per heavy atom. The van der Waals surface area contributed by atoms with E-state index in [4.69, 9.17) is 0 Å². The molecule has 0 saturated heterocycles. The summed E-state index contributed by atoms with van der Waals surface area (Å²) < 4.78 is 0. The smallest absolute Gasteiger partial charge is 0.0916 e. The Balaban J connectivity index is 1.88. The molecule has 0 aromatic heterocycles. The van der Waals surface area contributed by atoms with Crippen LogP contribution in [0, 0.1) is 5.92 Å². The van der Waals surface area contributed by atoms with Crippen molar-refractivity contribution in [1.29, 1.82) is 0 Å². The molecule has 0 radical (unpaired) electrons. The number of benzene rings is 1. The summed E-state index contributed by atoms with van der Waals surface area (Å²) in [6, 6.07) is 8.47. The predicted molar refractivity (Wildman–Crippen MR) is 80.2 cm³/mol. The van der Waals surface area contributed by atoms with Crippen molar-refractivity contribution in [3.05, 3.63) is 35.4 Å². The van der Waals surface area contributed by atoms with Crippen LogP contribution in [0.15, 0.2) is 24.3 Å². The molecule has 0 spiro atoms. The van der Waals surface area contributed by atoms with Gasteiger partial charge in [-0.25, -0.2) is 0 Å². The quantitative estimate of drug-likeness (QED) is 0.775. The van der Waals surface area contributed by atoms with Gasteiger partial charge in [-0.15, -0.1) is 0 Å². The summed E-state index contributed by atoms with van der Waals surface area (Å²) in [6.07, 6.45) is 4.69. The lowest BCUT2D eigenvalue weighted by molar-refractivity contribution is 0.113. The molecule has 1 aliphatic carbocycles. The molecule has 1 unspecified atom stereocenters. The molecule has 1 N–H and O–H groups in total. The molecule has 1 aromatic carbocycles. The van der Waals surface area contributed by atoms with Crippen molar-refractivity contribution < 1.29 is 5.11 Å². The molecule has 2 nitrogen and oxygen atoms in total. The van der Waals surface area contributed by atoms with Crippen LogP contribution in [-0.2, 0) is 6.42 Å². The van der Waals surface area contributed by atoms with E-state index >= 15 is 0 Å². The Morgan fingerprint density at radius 1 is 1.21 bits per heavy atom. The second kappa shape index (κ2) is 7.06. The van der Waals surface area contributed by atoms with E-state index < -0.39 is 0 Å². The fourth-order valence-corrected chi connectivity index (χ4v) is 2.54. The topological polar surface area (TPSA) is 23.5 Å². The second-order valence-electron chi connectivity index (χ2n) is 5.80. The molecule has 0 amide bonds. The largest absolute Gasteiger partial charge is 0.387 e. The van der Waals surface area contributed by atoms with Crippen LogP contribution >= 0.6 is 0 Å². The normalized spacial score (nSPS) is 16.8. The molecule has 1 aliphatic rings. The van der Waals surface area contributed by atoms with Crippen molar-refractivity contribution in [2.75, 3.05) is 19.6 Å². The van der Waals surface area contributed by atoms with Crippen molar-refractivity contribution >= 4 is 0 Å². The van der Waals surface area contributed by atoms with E-state index in [1.807, 2.05) is 0 Å². The molecule has 0 aliphatic heterocycles. The third kappa shape index (κ3) is 4.63. The van der Waals surface area contributed by atoms with Crippen molar-refractivity contribution in [2.24, 2.45) is 5.92 Å². The molecule has 1 saturated carbocycles. The average molecular weight is 261 g/mol. The Hall–Kier alpha value is -0.860. The molecule has 2 rings (SSSR count). The highest BCUT2D eigenvalue weighted by atomic mass is 16.3. The lowest BCUT2D eigenvalue weighted by Gasteiger charge is -2.23. The first kappa shape index (κ1) is 14.5.